The highest BCUT2D eigenvalue weighted by Crippen LogP contribution is 2.27. The molecule has 0 saturated heterocycles. The van der Waals surface area contributed by atoms with Gasteiger partial charge in [-0.25, -0.2) is 4.79 Å². The number of methoxy groups -OCH3 is 1. The molecular formula is C24H17ClN2O5. The highest BCUT2D eigenvalue weighted by atomic mass is 35.5. The van der Waals surface area contributed by atoms with Crippen LogP contribution in [0.3, 0.4) is 0 Å². The second kappa shape index (κ2) is 8.64. The van der Waals surface area contributed by atoms with Crippen molar-refractivity contribution in [3.05, 3.63) is 99.6 Å². The lowest BCUT2D eigenvalue weighted by molar-refractivity contribution is 0.0597. The van der Waals surface area contributed by atoms with Crippen molar-refractivity contribution < 1.29 is 23.9 Å². The van der Waals surface area contributed by atoms with Crippen LogP contribution in [0.15, 0.2) is 66.7 Å². The molecule has 32 heavy (non-hydrogen) atoms. The molecular weight excluding hydrogens is 432 g/mol. The zero-order chi connectivity index (χ0) is 22.8. The molecule has 4 rings (SSSR count). The van der Waals surface area contributed by atoms with Crippen LogP contribution in [0.2, 0.25) is 5.02 Å². The largest absolute Gasteiger partial charge is 0.465 e. The average Bonchev–Trinajstić information content (AvgIpc) is 3.05. The van der Waals surface area contributed by atoms with Gasteiger partial charge in [-0.15, -0.1) is 0 Å². The third-order valence-electron chi connectivity index (χ3n) is 5.05. The van der Waals surface area contributed by atoms with Crippen LogP contribution in [0.4, 0.5) is 5.69 Å². The summed E-state index contributed by atoms with van der Waals surface area (Å²) >= 11 is 6.14. The van der Waals surface area contributed by atoms with Gasteiger partial charge in [0, 0.05) is 5.56 Å². The summed E-state index contributed by atoms with van der Waals surface area (Å²) in [5, 5.41) is 2.85. The molecule has 0 atom stereocenters. The molecule has 0 bridgehead atoms. The number of carbonyl (C=O) groups excluding carboxylic acids is 4. The fraction of sp³-hybridized carbons (Fsp3) is 0.0833. The van der Waals surface area contributed by atoms with Crippen LogP contribution in [0.1, 0.15) is 47.0 Å². The Morgan fingerprint density at radius 3 is 2.31 bits per heavy atom. The van der Waals surface area contributed by atoms with E-state index in [0.717, 1.165) is 10.5 Å². The van der Waals surface area contributed by atoms with E-state index >= 15 is 0 Å². The van der Waals surface area contributed by atoms with E-state index in [2.05, 4.69) is 10.1 Å². The van der Waals surface area contributed by atoms with E-state index in [0.29, 0.717) is 0 Å². The molecule has 0 aromatic heterocycles. The molecule has 0 radical (unpaired) electrons. The monoisotopic (exact) mass is 448 g/mol. The van der Waals surface area contributed by atoms with Crippen LogP contribution in [0.25, 0.3) is 0 Å². The molecule has 1 N–H and O–H groups in total. The Balaban J connectivity index is 1.57. The van der Waals surface area contributed by atoms with Crippen LogP contribution in [0, 0.1) is 0 Å². The maximum absolute atomic E-state index is 12.9. The molecule has 160 valence electrons. The molecule has 1 aliphatic heterocycles. The maximum Gasteiger partial charge on any atom is 0.337 e. The van der Waals surface area contributed by atoms with Crippen molar-refractivity contribution in [1.82, 2.24) is 4.90 Å². The van der Waals surface area contributed by atoms with Crippen molar-refractivity contribution in [2.45, 2.75) is 6.54 Å². The van der Waals surface area contributed by atoms with Crippen molar-refractivity contribution in [3.63, 3.8) is 0 Å². The first-order chi connectivity index (χ1) is 15.4. The van der Waals surface area contributed by atoms with Crippen LogP contribution in [-0.2, 0) is 11.3 Å². The number of hydrogen-bond donors (Lipinski definition) is 1. The number of esters is 1. The van der Waals surface area contributed by atoms with Gasteiger partial charge in [-0.3, -0.25) is 19.3 Å². The Bertz CT molecular complexity index is 1260. The molecule has 7 nitrogen and oxygen atoms in total. The van der Waals surface area contributed by atoms with Crippen molar-refractivity contribution in [3.8, 4) is 0 Å². The minimum Gasteiger partial charge on any atom is -0.465 e. The number of ether oxygens (including phenoxy) is 1. The average molecular weight is 449 g/mol. The number of benzene rings is 3. The van der Waals surface area contributed by atoms with E-state index in [9.17, 15) is 19.2 Å². The topological polar surface area (TPSA) is 92.8 Å². The molecule has 0 aliphatic carbocycles. The predicted octanol–water partition coefficient (Wildman–Crippen LogP) is 4.18. The van der Waals surface area contributed by atoms with Gasteiger partial charge < -0.3 is 10.1 Å². The lowest BCUT2D eigenvalue weighted by Crippen LogP contribution is -2.29. The number of amides is 3. The van der Waals surface area contributed by atoms with Crippen molar-refractivity contribution in [2.24, 2.45) is 0 Å². The zero-order valence-electron chi connectivity index (χ0n) is 16.9. The second-order valence-corrected chi connectivity index (χ2v) is 7.49. The third kappa shape index (κ3) is 3.98. The summed E-state index contributed by atoms with van der Waals surface area (Å²) in [5.41, 5.74) is 1.83. The number of rotatable bonds is 5. The summed E-state index contributed by atoms with van der Waals surface area (Å²) in [6, 6.07) is 17.8. The number of anilines is 1. The number of fused-ring (bicyclic) bond motifs is 1. The Hall–Kier alpha value is -3.97. The van der Waals surface area contributed by atoms with Gasteiger partial charge in [0.2, 0.25) is 0 Å². The molecule has 3 aromatic rings. The van der Waals surface area contributed by atoms with Crippen molar-refractivity contribution in [2.75, 3.05) is 12.4 Å². The molecule has 0 spiro atoms. The molecule has 0 fully saturated rings. The Morgan fingerprint density at radius 1 is 0.906 bits per heavy atom. The highest BCUT2D eigenvalue weighted by Gasteiger charge is 2.36. The summed E-state index contributed by atoms with van der Waals surface area (Å²) < 4.78 is 4.68. The number of hydrogen-bond acceptors (Lipinski definition) is 5. The van der Waals surface area contributed by atoms with E-state index in [1.54, 1.807) is 0 Å². The Labute approximate surface area is 188 Å². The zero-order valence-corrected chi connectivity index (χ0v) is 17.7. The molecule has 1 aliphatic rings. The summed E-state index contributed by atoms with van der Waals surface area (Å²) in [7, 11) is 1.25. The first-order valence-corrected chi connectivity index (χ1v) is 10.00. The number of nitrogens with zero attached hydrogens (tertiary/aromatic N) is 1. The molecule has 3 amide bonds. The fourth-order valence-electron chi connectivity index (χ4n) is 3.40. The standard InChI is InChI=1S/C24H17ClN2O5/c1-32-24(31)16-8-10-19(25)20(12-16)26-21(28)15-7-9-17-18(11-15)23(30)27(22(17)29)13-14-5-3-2-4-6-14/h2-12H,13H2,1H3,(H,26,28). The summed E-state index contributed by atoms with van der Waals surface area (Å²) in [5.74, 6) is -1.99. The van der Waals surface area contributed by atoms with E-state index in [-0.39, 0.29) is 39.5 Å². The van der Waals surface area contributed by atoms with Crippen LogP contribution < -0.4 is 5.32 Å². The van der Waals surface area contributed by atoms with E-state index in [4.69, 9.17) is 11.6 Å². The highest BCUT2D eigenvalue weighted by molar-refractivity contribution is 6.34. The maximum atomic E-state index is 12.9. The minimum atomic E-state index is -0.572. The van der Waals surface area contributed by atoms with Gasteiger partial charge in [-0.2, -0.15) is 0 Å². The quantitative estimate of drug-likeness (QED) is 0.467. The first-order valence-electron chi connectivity index (χ1n) is 9.62. The van der Waals surface area contributed by atoms with Crippen LogP contribution >= 0.6 is 11.6 Å². The van der Waals surface area contributed by atoms with Gasteiger partial charge >= 0.3 is 5.97 Å². The van der Waals surface area contributed by atoms with Crippen LogP contribution in [-0.4, -0.2) is 35.7 Å². The predicted molar refractivity (Wildman–Crippen MR) is 118 cm³/mol. The normalized spacial score (nSPS) is 12.5. The van der Waals surface area contributed by atoms with Gasteiger partial charge in [0.1, 0.15) is 0 Å². The Kier molecular flexibility index (Phi) is 5.75. The van der Waals surface area contributed by atoms with Crippen LogP contribution in [0.5, 0.6) is 0 Å². The molecule has 1 heterocycles. The summed E-state index contributed by atoms with van der Waals surface area (Å²) in [6.07, 6.45) is 0. The molecule has 8 heteroatoms. The molecule has 3 aromatic carbocycles. The van der Waals surface area contributed by atoms with Gasteiger partial charge in [0.05, 0.1) is 41.1 Å². The lowest BCUT2D eigenvalue weighted by atomic mass is 10.1. The number of nitrogens with one attached hydrogen (secondary N) is 1. The van der Waals surface area contributed by atoms with Crippen molar-refractivity contribution in [1.29, 1.82) is 0 Å². The number of halogens is 1. The molecule has 0 saturated carbocycles. The van der Waals surface area contributed by atoms with Gasteiger partial charge in [-0.05, 0) is 42.0 Å². The second-order valence-electron chi connectivity index (χ2n) is 7.08. The van der Waals surface area contributed by atoms with Gasteiger partial charge in [0.25, 0.3) is 17.7 Å². The lowest BCUT2D eigenvalue weighted by Gasteiger charge is -2.13. The number of carbonyl (C=O) groups is 4. The van der Waals surface area contributed by atoms with Gasteiger partial charge in [-0.1, -0.05) is 41.9 Å². The Morgan fingerprint density at radius 2 is 1.59 bits per heavy atom. The SMILES string of the molecule is COC(=O)c1ccc(Cl)c(NC(=O)c2ccc3c(c2)C(=O)N(Cc2ccccc2)C3=O)c1. The van der Waals surface area contributed by atoms with E-state index < -0.39 is 23.7 Å². The minimum absolute atomic E-state index is 0.143. The fourth-order valence-corrected chi connectivity index (χ4v) is 3.57. The van der Waals surface area contributed by atoms with E-state index in [1.807, 2.05) is 30.3 Å². The first kappa shape index (κ1) is 21.3. The van der Waals surface area contributed by atoms with Crippen molar-refractivity contribution >= 4 is 41.0 Å². The summed E-state index contributed by atoms with van der Waals surface area (Å²) in [6.45, 7) is 0.143. The van der Waals surface area contributed by atoms with Gasteiger partial charge in [0.15, 0.2) is 0 Å². The molecule has 0 unspecified atom stereocenters. The summed E-state index contributed by atoms with van der Waals surface area (Å²) in [4.78, 5) is 51.2. The smallest absolute Gasteiger partial charge is 0.337 e. The number of imide groups is 1. The third-order valence-corrected chi connectivity index (χ3v) is 5.38. The van der Waals surface area contributed by atoms with E-state index in [1.165, 1.54) is 43.5 Å².